The second-order valence-corrected chi connectivity index (χ2v) is 4.46. The topological polar surface area (TPSA) is 55.3 Å². The summed E-state index contributed by atoms with van der Waals surface area (Å²) in [6, 6.07) is 0.916. The summed E-state index contributed by atoms with van der Waals surface area (Å²) in [5.74, 6) is 0.928. The molecule has 0 aromatic carbocycles. The van der Waals surface area contributed by atoms with Crippen molar-refractivity contribution in [3.8, 4) is 0 Å². The number of hydrogen-bond donors (Lipinski definition) is 1. The molecule has 84 valence electrons. The molecule has 1 aromatic heterocycles. The number of aryl methyl sites for hydroxylation is 1. The number of nitrogens with zero attached hydrogens (tertiary/aromatic N) is 2. The molecule has 0 bridgehead atoms. The van der Waals surface area contributed by atoms with Crippen LogP contribution < -0.4 is 5.73 Å². The Morgan fingerprint density at radius 2 is 2.47 bits per heavy atom. The maximum Gasteiger partial charge on any atom is 0.181 e. The smallest absolute Gasteiger partial charge is 0.181 e. The minimum Gasteiger partial charge on any atom is -0.448 e. The summed E-state index contributed by atoms with van der Waals surface area (Å²) in [6.07, 6.45) is 3.68. The molecule has 1 aliphatic rings. The molecule has 0 amide bonds. The average molecular weight is 209 g/mol. The van der Waals surface area contributed by atoms with Gasteiger partial charge in [0.05, 0.1) is 5.69 Å². The predicted octanol–water partition coefficient (Wildman–Crippen LogP) is 1.29. The maximum atomic E-state index is 5.93. The van der Waals surface area contributed by atoms with Gasteiger partial charge in [0.15, 0.2) is 6.39 Å². The van der Waals surface area contributed by atoms with E-state index in [-0.39, 0.29) is 0 Å². The van der Waals surface area contributed by atoms with Crippen LogP contribution in [0.3, 0.4) is 0 Å². The highest BCUT2D eigenvalue weighted by Crippen LogP contribution is 2.19. The van der Waals surface area contributed by atoms with E-state index in [2.05, 4.69) is 16.8 Å². The van der Waals surface area contributed by atoms with Crippen molar-refractivity contribution in [2.45, 2.75) is 45.3 Å². The Balaban J connectivity index is 1.98. The molecular formula is C11H19N3O. The Morgan fingerprint density at radius 1 is 1.67 bits per heavy atom. The Morgan fingerprint density at radius 3 is 3.07 bits per heavy atom. The van der Waals surface area contributed by atoms with Gasteiger partial charge in [-0.2, -0.15) is 0 Å². The molecule has 2 unspecified atom stereocenters. The van der Waals surface area contributed by atoms with Gasteiger partial charge >= 0.3 is 0 Å². The van der Waals surface area contributed by atoms with Gasteiger partial charge in [-0.1, -0.05) is 0 Å². The van der Waals surface area contributed by atoms with Gasteiger partial charge in [-0.25, -0.2) is 4.98 Å². The largest absolute Gasteiger partial charge is 0.448 e. The fourth-order valence-electron chi connectivity index (χ4n) is 2.16. The molecular weight excluding hydrogens is 190 g/mol. The fraction of sp³-hybridized carbons (Fsp3) is 0.727. The highest BCUT2D eigenvalue weighted by molar-refractivity contribution is 5.05. The van der Waals surface area contributed by atoms with Crippen molar-refractivity contribution in [1.29, 1.82) is 0 Å². The van der Waals surface area contributed by atoms with E-state index < -0.39 is 0 Å². The summed E-state index contributed by atoms with van der Waals surface area (Å²) in [7, 11) is 0. The maximum absolute atomic E-state index is 5.93. The molecule has 0 spiro atoms. The van der Waals surface area contributed by atoms with E-state index in [1.54, 1.807) is 0 Å². The van der Waals surface area contributed by atoms with Crippen molar-refractivity contribution in [1.82, 2.24) is 9.88 Å². The van der Waals surface area contributed by atoms with Gasteiger partial charge in [-0.3, -0.25) is 4.90 Å². The molecule has 2 rings (SSSR count). The molecule has 1 aromatic rings. The van der Waals surface area contributed by atoms with E-state index >= 15 is 0 Å². The van der Waals surface area contributed by atoms with Gasteiger partial charge in [0.25, 0.3) is 0 Å². The van der Waals surface area contributed by atoms with Crippen LogP contribution in [0.4, 0.5) is 0 Å². The van der Waals surface area contributed by atoms with Gasteiger partial charge in [-0.15, -0.1) is 0 Å². The van der Waals surface area contributed by atoms with Gasteiger partial charge < -0.3 is 10.2 Å². The van der Waals surface area contributed by atoms with Crippen molar-refractivity contribution in [2.75, 3.05) is 6.54 Å². The summed E-state index contributed by atoms with van der Waals surface area (Å²) < 4.78 is 5.20. The lowest BCUT2D eigenvalue weighted by molar-refractivity contribution is 0.138. The van der Waals surface area contributed by atoms with Gasteiger partial charge in [0.2, 0.25) is 0 Å². The second kappa shape index (κ2) is 4.33. The fourth-order valence-corrected chi connectivity index (χ4v) is 2.16. The molecule has 2 atom stereocenters. The molecule has 1 fully saturated rings. The van der Waals surface area contributed by atoms with Crippen LogP contribution >= 0.6 is 0 Å². The molecule has 1 saturated heterocycles. The average Bonchev–Trinajstić information content (AvgIpc) is 2.57. The summed E-state index contributed by atoms with van der Waals surface area (Å²) in [6.45, 7) is 6.14. The second-order valence-electron chi connectivity index (χ2n) is 4.46. The molecule has 4 heteroatoms. The van der Waals surface area contributed by atoms with Crippen molar-refractivity contribution in [3.05, 3.63) is 17.8 Å². The lowest BCUT2D eigenvalue weighted by Crippen LogP contribution is -2.45. The van der Waals surface area contributed by atoms with E-state index in [1.165, 1.54) is 6.39 Å². The Bertz CT molecular complexity index is 323. The van der Waals surface area contributed by atoms with Crippen molar-refractivity contribution >= 4 is 0 Å². The summed E-state index contributed by atoms with van der Waals surface area (Å²) >= 11 is 0. The molecule has 0 radical (unpaired) electrons. The first-order chi connectivity index (χ1) is 7.16. The van der Waals surface area contributed by atoms with E-state index in [1.807, 2.05) is 6.92 Å². The van der Waals surface area contributed by atoms with Crippen LogP contribution in [0.5, 0.6) is 0 Å². The third-order valence-electron chi connectivity index (χ3n) is 3.25. The minimum atomic E-state index is 0.370. The van der Waals surface area contributed by atoms with E-state index in [9.17, 15) is 0 Å². The lowest BCUT2D eigenvalue weighted by Gasteiger charge is -2.35. The first-order valence-electron chi connectivity index (χ1n) is 5.55. The zero-order valence-electron chi connectivity index (χ0n) is 9.44. The van der Waals surface area contributed by atoms with Crippen molar-refractivity contribution in [3.63, 3.8) is 0 Å². The standard InChI is InChI=1S/C11H19N3O/c1-8-5-10(12)3-4-14(8)6-11-9(2)15-7-13-11/h7-8,10H,3-6,12H2,1-2H3. The number of nitrogens with two attached hydrogens (primary N) is 1. The van der Waals surface area contributed by atoms with E-state index in [0.29, 0.717) is 12.1 Å². The molecule has 2 heterocycles. The quantitative estimate of drug-likeness (QED) is 0.797. The van der Waals surface area contributed by atoms with E-state index in [4.69, 9.17) is 10.2 Å². The first-order valence-corrected chi connectivity index (χ1v) is 5.55. The number of likely N-dealkylation sites (tertiary alicyclic amines) is 1. The van der Waals surface area contributed by atoms with Gasteiger partial charge in [0, 0.05) is 25.2 Å². The lowest BCUT2D eigenvalue weighted by atomic mass is 9.99. The number of rotatable bonds is 2. The highest BCUT2D eigenvalue weighted by Gasteiger charge is 2.24. The molecule has 2 N–H and O–H groups in total. The Hall–Kier alpha value is -0.870. The zero-order valence-corrected chi connectivity index (χ0v) is 9.44. The molecule has 4 nitrogen and oxygen atoms in total. The summed E-state index contributed by atoms with van der Waals surface area (Å²) in [5, 5.41) is 0. The normalized spacial score (nSPS) is 28.2. The minimum absolute atomic E-state index is 0.370. The van der Waals surface area contributed by atoms with Crippen molar-refractivity contribution < 1.29 is 4.42 Å². The zero-order chi connectivity index (χ0) is 10.8. The predicted molar refractivity (Wildman–Crippen MR) is 58.3 cm³/mol. The third kappa shape index (κ3) is 2.38. The van der Waals surface area contributed by atoms with Crippen LogP contribution in [0, 0.1) is 6.92 Å². The number of hydrogen-bond acceptors (Lipinski definition) is 4. The first kappa shape index (κ1) is 10.6. The monoisotopic (exact) mass is 209 g/mol. The van der Waals surface area contributed by atoms with Crippen LogP contribution in [0.2, 0.25) is 0 Å². The SMILES string of the molecule is Cc1ocnc1CN1CCC(N)CC1C. The summed E-state index contributed by atoms with van der Waals surface area (Å²) in [5.41, 5.74) is 6.98. The van der Waals surface area contributed by atoms with Crippen LogP contribution in [0.1, 0.15) is 31.2 Å². The van der Waals surface area contributed by atoms with Crippen LogP contribution in [0.15, 0.2) is 10.8 Å². The molecule has 1 aliphatic heterocycles. The van der Waals surface area contributed by atoms with Gasteiger partial charge in [0.1, 0.15) is 5.76 Å². The highest BCUT2D eigenvalue weighted by atomic mass is 16.3. The van der Waals surface area contributed by atoms with E-state index in [0.717, 1.165) is 37.4 Å². The third-order valence-corrected chi connectivity index (χ3v) is 3.25. The van der Waals surface area contributed by atoms with Crippen LogP contribution in [-0.2, 0) is 6.54 Å². The number of piperidine rings is 1. The van der Waals surface area contributed by atoms with Crippen LogP contribution in [0.25, 0.3) is 0 Å². The molecule has 0 aliphatic carbocycles. The van der Waals surface area contributed by atoms with Crippen LogP contribution in [-0.4, -0.2) is 28.5 Å². The van der Waals surface area contributed by atoms with Gasteiger partial charge in [-0.05, 0) is 26.7 Å². The summed E-state index contributed by atoms with van der Waals surface area (Å²) in [4.78, 5) is 6.65. The molecule has 0 saturated carbocycles. The van der Waals surface area contributed by atoms with Crippen molar-refractivity contribution in [2.24, 2.45) is 5.73 Å². The number of aromatic nitrogens is 1. The number of oxazole rings is 1. The Kier molecular flexibility index (Phi) is 3.07. The molecule has 15 heavy (non-hydrogen) atoms. The Labute approximate surface area is 90.5 Å².